The van der Waals surface area contributed by atoms with E-state index in [1.165, 1.54) is 34.1 Å². The molecule has 0 aliphatic heterocycles. The number of nitrogens with zero attached hydrogens (tertiary/aromatic N) is 5. The van der Waals surface area contributed by atoms with Gasteiger partial charge in [-0.2, -0.15) is 5.26 Å². The first-order chi connectivity index (χ1) is 15.2. The summed E-state index contributed by atoms with van der Waals surface area (Å²) in [4.78, 5) is 34.8. The lowest BCUT2D eigenvalue weighted by Crippen LogP contribution is -2.45. The number of hydrogen-bond donors (Lipinski definition) is 1. The summed E-state index contributed by atoms with van der Waals surface area (Å²) in [6, 6.07) is 6.25. The van der Waals surface area contributed by atoms with Crippen LogP contribution in [0.4, 0.5) is 4.39 Å². The van der Waals surface area contributed by atoms with Crippen molar-refractivity contribution in [2.24, 2.45) is 0 Å². The van der Waals surface area contributed by atoms with Crippen LogP contribution in [0.2, 0.25) is 10.2 Å². The molecule has 0 aliphatic rings. The molecule has 3 aromatic rings. The van der Waals surface area contributed by atoms with Gasteiger partial charge in [-0.15, -0.1) is 0 Å². The molecule has 2 aromatic heterocycles. The Morgan fingerprint density at radius 3 is 2.75 bits per heavy atom. The molecule has 3 rings (SSSR count). The predicted molar refractivity (Wildman–Crippen MR) is 117 cm³/mol. The van der Waals surface area contributed by atoms with Crippen molar-refractivity contribution in [2.45, 2.75) is 33.0 Å². The molecule has 0 bridgehead atoms. The normalized spacial score (nSPS) is 10.9. The summed E-state index contributed by atoms with van der Waals surface area (Å²) >= 11 is 11.8. The molecule has 1 aromatic carbocycles. The molecular formula is C21H19Cl2FN6O2. The second kappa shape index (κ2) is 9.94. The van der Waals surface area contributed by atoms with Crippen molar-refractivity contribution in [2.75, 3.05) is 6.54 Å². The van der Waals surface area contributed by atoms with Crippen molar-refractivity contribution >= 4 is 46.0 Å². The molecule has 0 atom stereocenters. The smallest absolute Gasteiger partial charge is 0.243 e. The van der Waals surface area contributed by atoms with Crippen LogP contribution in [0, 0.1) is 17.1 Å². The highest BCUT2D eigenvalue weighted by molar-refractivity contribution is 6.34. The van der Waals surface area contributed by atoms with Crippen LogP contribution in [0.1, 0.15) is 25.0 Å². The number of halogens is 3. The number of carbonyl (C=O) groups is 2. The minimum absolute atomic E-state index is 0.0321. The fourth-order valence-electron chi connectivity index (χ4n) is 3.18. The van der Waals surface area contributed by atoms with E-state index in [2.05, 4.69) is 15.3 Å². The maximum atomic E-state index is 14.0. The zero-order valence-electron chi connectivity index (χ0n) is 17.3. The maximum absolute atomic E-state index is 14.0. The van der Waals surface area contributed by atoms with Crippen molar-refractivity contribution in [3.63, 3.8) is 0 Å². The number of benzene rings is 1. The number of fused-ring (bicyclic) bond motifs is 1. The van der Waals surface area contributed by atoms with E-state index in [1.807, 2.05) is 6.07 Å². The first-order valence-electron chi connectivity index (χ1n) is 9.61. The Hall–Kier alpha value is -3.22. The van der Waals surface area contributed by atoms with Crippen LogP contribution in [0.25, 0.3) is 11.0 Å². The fraction of sp³-hybridized carbons (Fsp3) is 0.286. The quantitative estimate of drug-likeness (QED) is 0.526. The van der Waals surface area contributed by atoms with Gasteiger partial charge in [-0.1, -0.05) is 35.3 Å². The van der Waals surface area contributed by atoms with Gasteiger partial charge in [0.2, 0.25) is 11.8 Å². The SMILES string of the molecule is CC(C)N(CC(=O)NCc1cccc(Cl)c1F)C(=O)Cn1cc(C#N)c2c(Cl)ncnc21. The largest absolute Gasteiger partial charge is 0.350 e. The lowest BCUT2D eigenvalue weighted by atomic mass is 10.2. The van der Waals surface area contributed by atoms with Crippen molar-refractivity contribution in [3.8, 4) is 6.07 Å². The number of nitrogens with one attached hydrogen (secondary N) is 1. The van der Waals surface area contributed by atoms with Crippen LogP contribution in [0.5, 0.6) is 0 Å². The van der Waals surface area contributed by atoms with Gasteiger partial charge in [0.15, 0.2) is 0 Å². The molecule has 11 heteroatoms. The summed E-state index contributed by atoms with van der Waals surface area (Å²) in [6.07, 6.45) is 2.72. The molecule has 0 radical (unpaired) electrons. The molecule has 166 valence electrons. The second-order valence-corrected chi connectivity index (χ2v) is 8.02. The molecule has 0 unspecified atom stereocenters. The fourth-order valence-corrected chi connectivity index (χ4v) is 3.60. The van der Waals surface area contributed by atoms with Crippen LogP contribution in [0.15, 0.2) is 30.7 Å². The minimum atomic E-state index is -0.598. The van der Waals surface area contributed by atoms with Gasteiger partial charge in [-0.25, -0.2) is 14.4 Å². The monoisotopic (exact) mass is 476 g/mol. The Morgan fingerprint density at radius 2 is 2.06 bits per heavy atom. The molecule has 2 heterocycles. The number of nitriles is 1. The highest BCUT2D eigenvalue weighted by atomic mass is 35.5. The predicted octanol–water partition coefficient (Wildman–Crippen LogP) is 3.30. The summed E-state index contributed by atoms with van der Waals surface area (Å²) in [5.74, 6) is -1.41. The first-order valence-corrected chi connectivity index (χ1v) is 10.4. The molecule has 0 saturated heterocycles. The van der Waals surface area contributed by atoms with Gasteiger partial charge >= 0.3 is 0 Å². The Balaban J connectivity index is 1.72. The number of hydrogen-bond acceptors (Lipinski definition) is 5. The third-order valence-corrected chi connectivity index (χ3v) is 5.38. The van der Waals surface area contributed by atoms with Crippen LogP contribution in [0.3, 0.4) is 0 Å². The van der Waals surface area contributed by atoms with Gasteiger partial charge in [0, 0.05) is 24.3 Å². The lowest BCUT2D eigenvalue weighted by molar-refractivity contribution is -0.138. The molecule has 0 fully saturated rings. The van der Waals surface area contributed by atoms with Crippen molar-refractivity contribution < 1.29 is 14.0 Å². The topological polar surface area (TPSA) is 104 Å². The Kier molecular flexibility index (Phi) is 7.28. The zero-order chi connectivity index (χ0) is 23.4. The van der Waals surface area contributed by atoms with E-state index in [4.69, 9.17) is 23.2 Å². The van der Waals surface area contributed by atoms with Crippen LogP contribution < -0.4 is 5.32 Å². The van der Waals surface area contributed by atoms with E-state index >= 15 is 0 Å². The Morgan fingerprint density at radius 1 is 1.31 bits per heavy atom. The van der Waals surface area contributed by atoms with E-state index < -0.39 is 11.7 Å². The van der Waals surface area contributed by atoms with Gasteiger partial charge in [-0.05, 0) is 19.9 Å². The van der Waals surface area contributed by atoms with Crippen LogP contribution in [-0.4, -0.2) is 43.8 Å². The number of aromatic nitrogens is 3. The summed E-state index contributed by atoms with van der Waals surface area (Å²) in [5.41, 5.74) is 0.836. The summed E-state index contributed by atoms with van der Waals surface area (Å²) < 4.78 is 15.5. The van der Waals surface area contributed by atoms with Gasteiger partial charge in [-0.3, -0.25) is 9.59 Å². The van der Waals surface area contributed by atoms with Crippen molar-refractivity contribution in [1.82, 2.24) is 24.8 Å². The van der Waals surface area contributed by atoms with E-state index in [0.717, 1.165) is 0 Å². The number of rotatable bonds is 7. The van der Waals surface area contributed by atoms with E-state index in [0.29, 0.717) is 11.0 Å². The first kappa shape index (κ1) is 23.4. The van der Waals surface area contributed by atoms with Crippen molar-refractivity contribution in [1.29, 1.82) is 5.26 Å². The highest BCUT2D eigenvalue weighted by Crippen LogP contribution is 2.25. The van der Waals surface area contributed by atoms with Gasteiger partial charge < -0.3 is 14.8 Å². The average molecular weight is 477 g/mol. The molecule has 0 saturated carbocycles. The number of amides is 2. The Labute approximate surface area is 193 Å². The van der Waals surface area contributed by atoms with Crippen molar-refractivity contribution in [3.05, 3.63) is 57.8 Å². The maximum Gasteiger partial charge on any atom is 0.243 e. The van der Waals surface area contributed by atoms with E-state index in [9.17, 15) is 19.2 Å². The third kappa shape index (κ3) is 4.98. The molecule has 0 spiro atoms. The molecular weight excluding hydrogens is 458 g/mol. The van der Waals surface area contributed by atoms with Crippen LogP contribution >= 0.6 is 23.2 Å². The Bertz CT molecular complexity index is 1220. The van der Waals surface area contributed by atoms with Gasteiger partial charge in [0.05, 0.1) is 22.5 Å². The summed E-state index contributed by atoms with van der Waals surface area (Å²) in [5, 5.41) is 12.4. The summed E-state index contributed by atoms with van der Waals surface area (Å²) in [6.45, 7) is 3.11. The molecule has 8 nitrogen and oxygen atoms in total. The zero-order valence-corrected chi connectivity index (χ0v) is 18.8. The lowest BCUT2D eigenvalue weighted by Gasteiger charge is -2.26. The molecule has 1 N–H and O–H groups in total. The number of carbonyl (C=O) groups excluding carboxylic acids is 2. The van der Waals surface area contributed by atoms with E-state index in [1.54, 1.807) is 19.9 Å². The highest BCUT2D eigenvalue weighted by Gasteiger charge is 2.23. The second-order valence-electron chi connectivity index (χ2n) is 7.25. The van der Waals surface area contributed by atoms with Gasteiger partial charge in [0.1, 0.15) is 35.6 Å². The molecule has 0 aliphatic carbocycles. The van der Waals surface area contributed by atoms with Crippen LogP contribution in [-0.2, 0) is 22.7 Å². The molecule has 32 heavy (non-hydrogen) atoms. The minimum Gasteiger partial charge on any atom is -0.350 e. The molecule has 2 amide bonds. The average Bonchev–Trinajstić information content (AvgIpc) is 3.11. The van der Waals surface area contributed by atoms with E-state index in [-0.39, 0.29) is 52.9 Å². The third-order valence-electron chi connectivity index (χ3n) is 4.80. The summed E-state index contributed by atoms with van der Waals surface area (Å²) in [7, 11) is 0. The van der Waals surface area contributed by atoms with Gasteiger partial charge in [0.25, 0.3) is 0 Å². The standard InChI is InChI=1S/C21H19Cl2FN6O2/c1-12(2)30(9-16(31)26-7-13-4-3-5-15(22)19(13)24)17(32)10-29-8-14(6-25)18-20(23)27-11-28-21(18)29/h3-5,8,11-12H,7,9-10H2,1-2H3,(H,26,31).